The Balaban J connectivity index is 2.06. The Kier molecular flexibility index (Phi) is 4.37. The summed E-state index contributed by atoms with van der Waals surface area (Å²) < 4.78 is 18.1. The smallest absolute Gasteiger partial charge is 0.227 e. The zero-order valence-electron chi connectivity index (χ0n) is 11.2. The molecule has 2 rings (SSSR count). The van der Waals surface area contributed by atoms with E-state index in [1.54, 1.807) is 0 Å². The highest BCUT2D eigenvalue weighted by Crippen LogP contribution is 2.26. The van der Waals surface area contributed by atoms with Gasteiger partial charge in [-0.3, -0.25) is 4.79 Å². The number of anilines is 1. The van der Waals surface area contributed by atoms with Crippen LogP contribution in [-0.4, -0.2) is 25.6 Å². The van der Waals surface area contributed by atoms with Crippen molar-refractivity contribution in [3.05, 3.63) is 24.0 Å². The second-order valence-corrected chi connectivity index (χ2v) is 4.91. The molecular weight excluding hydrogens is 247 g/mol. The van der Waals surface area contributed by atoms with Crippen molar-refractivity contribution in [1.29, 1.82) is 0 Å². The van der Waals surface area contributed by atoms with Gasteiger partial charge in [-0.25, -0.2) is 4.39 Å². The van der Waals surface area contributed by atoms with Crippen molar-refractivity contribution < 1.29 is 13.9 Å². The third kappa shape index (κ3) is 3.44. The van der Waals surface area contributed by atoms with Crippen LogP contribution in [-0.2, 0) is 4.79 Å². The van der Waals surface area contributed by atoms with Gasteiger partial charge in [0.2, 0.25) is 5.91 Å². The van der Waals surface area contributed by atoms with Gasteiger partial charge in [0.15, 0.2) is 0 Å². The number of rotatable bonds is 3. The Labute approximate surface area is 112 Å². The van der Waals surface area contributed by atoms with Gasteiger partial charge in [-0.1, -0.05) is 0 Å². The van der Waals surface area contributed by atoms with Crippen LogP contribution < -0.4 is 15.4 Å². The van der Waals surface area contributed by atoms with Crippen LogP contribution >= 0.6 is 0 Å². The predicted molar refractivity (Wildman–Crippen MR) is 71.8 cm³/mol. The Morgan fingerprint density at radius 1 is 1.53 bits per heavy atom. The number of methoxy groups -OCH3 is 1. The van der Waals surface area contributed by atoms with Crippen molar-refractivity contribution in [3.63, 3.8) is 0 Å². The SMILES string of the molecule is COc1cc(F)ccc1NC(=O)C1CCNC(C)C1. The number of nitrogens with one attached hydrogen (secondary N) is 2. The minimum absolute atomic E-state index is 0.00832. The molecule has 104 valence electrons. The Bertz CT molecular complexity index is 465. The van der Waals surface area contributed by atoms with Crippen LogP contribution in [0.3, 0.4) is 0 Å². The lowest BCUT2D eigenvalue weighted by atomic mass is 9.92. The van der Waals surface area contributed by atoms with E-state index in [9.17, 15) is 9.18 Å². The first kappa shape index (κ1) is 13.8. The third-order valence-corrected chi connectivity index (χ3v) is 3.42. The molecule has 1 aliphatic heterocycles. The summed E-state index contributed by atoms with van der Waals surface area (Å²) in [6, 6.07) is 4.44. The lowest BCUT2D eigenvalue weighted by molar-refractivity contribution is -0.120. The summed E-state index contributed by atoms with van der Waals surface area (Å²) in [4.78, 5) is 12.2. The van der Waals surface area contributed by atoms with E-state index in [-0.39, 0.29) is 17.6 Å². The summed E-state index contributed by atoms with van der Waals surface area (Å²) in [5, 5.41) is 6.13. The molecule has 1 heterocycles. The van der Waals surface area contributed by atoms with Crippen LogP contribution in [0.15, 0.2) is 18.2 Å². The summed E-state index contributed by atoms with van der Waals surface area (Å²) in [6.45, 7) is 2.91. The van der Waals surface area contributed by atoms with Crippen LogP contribution in [0.2, 0.25) is 0 Å². The quantitative estimate of drug-likeness (QED) is 0.881. The van der Waals surface area contributed by atoms with Crippen LogP contribution in [0.25, 0.3) is 0 Å². The van der Waals surface area contributed by atoms with E-state index in [1.807, 2.05) is 0 Å². The first-order chi connectivity index (χ1) is 9.10. The molecule has 1 aromatic carbocycles. The average molecular weight is 266 g/mol. The van der Waals surface area contributed by atoms with Gasteiger partial charge in [-0.05, 0) is 38.4 Å². The van der Waals surface area contributed by atoms with E-state index < -0.39 is 0 Å². The minimum atomic E-state index is -0.384. The molecule has 1 saturated heterocycles. The van der Waals surface area contributed by atoms with Gasteiger partial charge in [0, 0.05) is 18.0 Å². The van der Waals surface area contributed by atoms with Crippen LogP contribution in [0.5, 0.6) is 5.75 Å². The maximum absolute atomic E-state index is 13.1. The molecule has 2 unspecified atom stereocenters. The summed E-state index contributed by atoms with van der Waals surface area (Å²) >= 11 is 0. The lowest BCUT2D eigenvalue weighted by Gasteiger charge is -2.27. The molecule has 19 heavy (non-hydrogen) atoms. The molecule has 0 bridgehead atoms. The molecule has 1 aliphatic rings. The van der Waals surface area contributed by atoms with Crippen molar-refractivity contribution in [3.8, 4) is 5.75 Å². The summed E-state index contributed by atoms with van der Waals surface area (Å²) in [5.74, 6) is -0.0788. The zero-order valence-corrected chi connectivity index (χ0v) is 11.2. The van der Waals surface area contributed by atoms with Crippen molar-refractivity contribution >= 4 is 11.6 Å². The first-order valence-corrected chi connectivity index (χ1v) is 6.48. The van der Waals surface area contributed by atoms with Gasteiger partial charge in [-0.15, -0.1) is 0 Å². The highest BCUT2D eigenvalue weighted by atomic mass is 19.1. The maximum atomic E-state index is 13.1. The Morgan fingerprint density at radius 3 is 3.00 bits per heavy atom. The molecule has 0 saturated carbocycles. The standard InChI is InChI=1S/C14H19FN2O2/c1-9-7-10(5-6-16-9)14(18)17-12-4-3-11(15)8-13(12)19-2/h3-4,8-10,16H,5-7H2,1-2H3,(H,17,18). The fraction of sp³-hybridized carbons (Fsp3) is 0.500. The molecule has 0 aromatic heterocycles. The number of benzene rings is 1. The lowest BCUT2D eigenvalue weighted by Crippen LogP contribution is -2.40. The summed E-state index contributed by atoms with van der Waals surface area (Å²) in [5.41, 5.74) is 0.514. The van der Waals surface area contributed by atoms with E-state index in [1.165, 1.54) is 25.3 Å². The predicted octanol–water partition coefficient (Wildman–Crippen LogP) is 2.16. The van der Waals surface area contributed by atoms with E-state index >= 15 is 0 Å². The number of carbonyl (C=O) groups is 1. The van der Waals surface area contributed by atoms with Crippen LogP contribution in [0, 0.1) is 11.7 Å². The normalized spacial score (nSPS) is 22.9. The van der Waals surface area contributed by atoms with E-state index in [2.05, 4.69) is 17.6 Å². The van der Waals surface area contributed by atoms with Crippen molar-refractivity contribution in [2.75, 3.05) is 19.0 Å². The molecule has 0 aliphatic carbocycles. The molecular formula is C14H19FN2O2. The number of piperidine rings is 1. The topological polar surface area (TPSA) is 50.4 Å². The monoisotopic (exact) mass is 266 g/mol. The van der Waals surface area contributed by atoms with Crippen LogP contribution in [0.1, 0.15) is 19.8 Å². The highest BCUT2D eigenvalue weighted by Gasteiger charge is 2.25. The average Bonchev–Trinajstić information content (AvgIpc) is 2.40. The van der Waals surface area contributed by atoms with Gasteiger partial charge < -0.3 is 15.4 Å². The minimum Gasteiger partial charge on any atom is -0.494 e. The molecule has 1 fully saturated rings. The fourth-order valence-electron chi connectivity index (χ4n) is 2.37. The molecule has 4 nitrogen and oxygen atoms in total. The van der Waals surface area contributed by atoms with Gasteiger partial charge >= 0.3 is 0 Å². The molecule has 0 radical (unpaired) electrons. The summed E-state index contributed by atoms with van der Waals surface area (Å²) in [6.07, 6.45) is 1.63. The van der Waals surface area contributed by atoms with Gasteiger partial charge in [0.1, 0.15) is 11.6 Å². The number of carbonyl (C=O) groups excluding carboxylic acids is 1. The molecule has 0 spiro atoms. The van der Waals surface area contributed by atoms with Crippen molar-refractivity contribution in [2.45, 2.75) is 25.8 Å². The van der Waals surface area contributed by atoms with E-state index in [0.717, 1.165) is 19.4 Å². The molecule has 1 amide bonds. The zero-order chi connectivity index (χ0) is 13.8. The first-order valence-electron chi connectivity index (χ1n) is 6.48. The molecule has 2 N–H and O–H groups in total. The van der Waals surface area contributed by atoms with E-state index in [0.29, 0.717) is 17.5 Å². The van der Waals surface area contributed by atoms with Gasteiger partial charge in [0.25, 0.3) is 0 Å². The highest BCUT2D eigenvalue weighted by molar-refractivity contribution is 5.94. The molecule has 5 heteroatoms. The largest absolute Gasteiger partial charge is 0.494 e. The summed E-state index contributed by atoms with van der Waals surface area (Å²) in [7, 11) is 1.46. The van der Waals surface area contributed by atoms with Gasteiger partial charge in [0.05, 0.1) is 12.8 Å². The van der Waals surface area contributed by atoms with Crippen LogP contribution in [0.4, 0.5) is 10.1 Å². The van der Waals surface area contributed by atoms with E-state index in [4.69, 9.17) is 4.74 Å². The maximum Gasteiger partial charge on any atom is 0.227 e. The number of hydrogen-bond donors (Lipinski definition) is 2. The molecule has 1 aromatic rings. The van der Waals surface area contributed by atoms with Crippen molar-refractivity contribution in [2.24, 2.45) is 5.92 Å². The number of amides is 1. The second kappa shape index (κ2) is 6.02. The number of ether oxygens (including phenoxy) is 1. The van der Waals surface area contributed by atoms with Gasteiger partial charge in [-0.2, -0.15) is 0 Å². The number of halogens is 1. The second-order valence-electron chi connectivity index (χ2n) is 4.91. The molecule has 2 atom stereocenters. The fourth-order valence-corrected chi connectivity index (χ4v) is 2.37. The third-order valence-electron chi connectivity index (χ3n) is 3.42. The van der Waals surface area contributed by atoms with Crippen molar-refractivity contribution in [1.82, 2.24) is 5.32 Å². The Morgan fingerprint density at radius 2 is 2.32 bits per heavy atom. The number of hydrogen-bond acceptors (Lipinski definition) is 3. The Hall–Kier alpha value is -1.62.